The molecule has 2 aliphatic rings. The van der Waals surface area contributed by atoms with E-state index >= 15 is 0 Å². The number of nitrogens with zero attached hydrogens (tertiary/aromatic N) is 1. The van der Waals surface area contributed by atoms with Crippen LogP contribution in [0.1, 0.15) is 12.0 Å². The minimum absolute atomic E-state index is 0.0281. The predicted molar refractivity (Wildman–Crippen MR) is 68.8 cm³/mol. The zero-order valence-corrected chi connectivity index (χ0v) is 10.9. The van der Waals surface area contributed by atoms with Gasteiger partial charge >= 0.3 is 0 Å². The van der Waals surface area contributed by atoms with Crippen LogP contribution in [0.2, 0.25) is 0 Å². The summed E-state index contributed by atoms with van der Waals surface area (Å²) < 4.78 is 0. The topological polar surface area (TPSA) is 82.1 Å². The number of allylic oxidation sites excluding steroid dienone is 2. The summed E-state index contributed by atoms with van der Waals surface area (Å²) in [5, 5.41) is 14.1. The number of hydrogen-bond acceptors (Lipinski definition) is 4. The van der Waals surface area contributed by atoms with E-state index in [0.717, 1.165) is 12.0 Å². The fourth-order valence-corrected chi connectivity index (χ4v) is 3.31. The lowest BCUT2D eigenvalue weighted by Gasteiger charge is -2.27. The Morgan fingerprint density at radius 1 is 1.20 bits per heavy atom. The molecule has 2 aliphatic carbocycles. The lowest BCUT2D eigenvalue weighted by Crippen LogP contribution is -2.44. The standard InChI is InChI=1S/C15H16N2O3/c18-14(17-8-9-3-5-16-6-4-9)12-10-1-2-11(7-10)13(12)15(19)20/h1-6,10-13H,7-8H2,(H,17,18)(H,19,20)/p-1. The van der Waals surface area contributed by atoms with Crippen LogP contribution < -0.4 is 10.4 Å². The first-order chi connectivity index (χ1) is 9.66. The van der Waals surface area contributed by atoms with Crippen LogP contribution in [-0.4, -0.2) is 16.9 Å². The molecule has 0 aliphatic heterocycles. The Morgan fingerprint density at radius 3 is 2.50 bits per heavy atom. The second-order valence-electron chi connectivity index (χ2n) is 5.39. The van der Waals surface area contributed by atoms with Crippen LogP contribution in [0, 0.1) is 23.7 Å². The van der Waals surface area contributed by atoms with Crippen molar-refractivity contribution in [3.63, 3.8) is 0 Å². The van der Waals surface area contributed by atoms with Gasteiger partial charge in [0.2, 0.25) is 5.91 Å². The molecule has 2 bridgehead atoms. The molecule has 0 aromatic carbocycles. The number of fused-ring (bicyclic) bond motifs is 2. The van der Waals surface area contributed by atoms with Gasteiger partial charge < -0.3 is 15.2 Å². The van der Waals surface area contributed by atoms with E-state index in [1.54, 1.807) is 12.4 Å². The Morgan fingerprint density at radius 2 is 1.85 bits per heavy atom. The number of nitrogens with one attached hydrogen (secondary N) is 1. The highest BCUT2D eigenvalue weighted by Gasteiger charge is 2.48. The Labute approximate surface area is 116 Å². The van der Waals surface area contributed by atoms with Crippen molar-refractivity contribution in [2.75, 3.05) is 0 Å². The van der Waals surface area contributed by atoms with Crippen molar-refractivity contribution in [3.05, 3.63) is 42.2 Å². The molecule has 4 atom stereocenters. The van der Waals surface area contributed by atoms with Crippen LogP contribution in [-0.2, 0) is 16.1 Å². The zero-order chi connectivity index (χ0) is 14.1. The summed E-state index contributed by atoms with van der Waals surface area (Å²) in [6, 6.07) is 3.63. The number of carbonyl (C=O) groups excluding carboxylic acids is 2. The van der Waals surface area contributed by atoms with Crippen molar-refractivity contribution in [1.82, 2.24) is 10.3 Å². The highest BCUT2D eigenvalue weighted by molar-refractivity contribution is 5.86. The molecule has 0 radical (unpaired) electrons. The molecule has 1 aromatic rings. The Bertz CT molecular complexity index is 555. The highest BCUT2D eigenvalue weighted by Crippen LogP contribution is 2.47. The first-order valence-electron chi connectivity index (χ1n) is 6.72. The Balaban J connectivity index is 1.68. The van der Waals surface area contributed by atoms with Crippen molar-refractivity contribution in [2.24, 2.45) is 23.7 Å². The number of rotatable bonds is 4. The summed E-state index contributed by atoms with van der Waals surface area (Å²) in [7, 11) is 0. The maximum Gasteiger partial charge on any atom is 0.224 e. The SMILES string of the molecule is O=C([O-])C1C2C=CC(C2)C1C(=O)NCc1ccncc1. The van der Waals surface area contributed by atoms with Gasteiger partial charge in [0.15, 0.2) is 0 Å². The van der Waals surface area contributed by atoms with Gasteiger partial charge in [0.1, 0.15) is 0 Å². The van der Waals surface area contributed by atoms with Gasteiger partial charge in [-0.2, -0.15) is 0 Å². The van der Waals surface area contributed by atoms with Gasteiger partial charge in [0, 0.05) is 30.8 Å². The fourth-order valence-electron chi connectivity index (χ4n) is 3.31. The smallest absolute Gasteiger partial charge is 0.224 e. The second kappa shape index (κ2) is 5.07. The number of amides is 1. The van der Waals surface area contributed by atoms with Crippen LogP contribution in [0.5, 0.6) is 0 Å². The number of aromatic nitrogens is 1. The predicted octanol–water partition coefficient (Wildman–Crippen LogP) is -0.114. The van der Waals surface area contributed by atoms with Crippen molar-refractivity contribution < 1.29 is 14.7 Å². The van der Waals surface area contributed by atoms with E-state index in [4.69, 9.17) is 0 Å². The summed E-state index contributed by atoms with van der Waals surface area (Å²) >= 11 is 0. The van der Waals surface area contributed by atoms with Gasteiger partial charge in [-0.05, 0) is 36.0 Å². The lowest BCUT2D eigenvalue weighted by atomic mass is 9.82. The molecule has 20 heavy (non-hydrogen) atoms. The molecule has 0 spiro atoms. The third-order valence-electron chi connectivity index (χ3n) is 4.25. The van der Waals surface area contributed by atoms with E-state index in [0.29, 0.717) is 6.54 Å². The largest absolute Gasteiger partial charge is 0.550 e. The fraction of sp³-hybridized carbons (Fsp3) is 0.400. The average molecular weight is 271 g/mol. The van der Waals surface area contributed by atoms with E-state index in [9.17, 15) is 14.7 Å². The van der Waals surface area contributed by atoms with Crippen molar-refractivity contribution in [3.8, 4) is 0 Å². The monoisotopic (exact) mass is 271 g/mol. The second-order valence-corrected chi connectivity index (χ2v) is 5.39. The van der Waals surface area contributed by atoms with E-state index in [1.807, 2.05) is 24.3 Å². The number of aliphatic carboxylic acids is 1. The van der Waals surface area contributed by atoms with Crippen LogP contribution in [0.4, 0.5) is 0 Å². The number of carbonyl (C=O) groups is 2. The van der Waals surface area contributed by atoms with Crippen molar-refractivity contribution >= 4 is 11.9 Å². The summed E-state index contributed by atoms with van der Waals surface area (Å²) in [4.78, 5) is 27.4. The number of carboxylic acid groups (broad SMARTS) is 1. The Hall–Kier alpha value is -2.17. The molecule has 1 fully saturated rings. The summed E-state index contributed by atoms with van der Waals surface area (Å²) in [5.41, 5.74) is 0.942. The van der Waals surface area contributed by atoms with E-state index in [-0.39, 0.29) is 17.7 Å². The van der Waals surface area contributed by atoms with Crippen molar-refractivity contribution in [1.29, 1.82) is 0 Å². The normalized spacial score (nSPS) is 30.4. The molecular weight excluding hydrogens is 256 g/mol. The third-order valence-corrected chi connectivity index (χ3v) is 4.25. The summed E-state index contributed by atoms with van der Waals surface area (Å²) in [6.45, 7) is 0.388. The van der Waals surface area contributed by atoms with Crippen LogP contribution in [0.15, 0.2) is 36.7 Å². The molecule has 0 saturated heterocycles. The van der Waals surface area contributed by atoms with Gasteiger partial charge in [-0.1, -0.05) is 12.2 Å². The number of pyridine rings is 1. The molecule has 1 amide bonds. The van der Waals surface area contributed by atoms with Gasteiger partial charge in [-0.25, -0.2) is 0 Å². The van der Waals surface area contributed by atoms with Crippen LogP contribution in [0.25, 0.3) is 0 Å². The number of carboxylic acids is 1. The first-order valence-corrected chi connectivity index (χ1v) is 6.72. The number of hydrogen-bond donors (Lipinski definition) is 1. The van der Waals surface area contributed by atoms with Gasteiger partial charge in [-0.15, -0.1) is 0 Å². The summed E-state index contributed by atoms with van der Waals surface area (Å²) in [5.74, 6) is -2.54. The van der Waals surface area contributed by atoms with E-state index in [1.165, 1.54) is 0 Å². The Kier molecular flexibility index (Phi) is 3.26. The van der Waals surface area contributed by atoms with Crippen LogP contribution >= 0.6 is 0 Å². The quantitative estimate of drug-likeness (QED) is 0.774. The molecule has 1 saturated carbocycles. The summed E-state index contributed by atoms with van der Waals surface area (Å²) in [6.07, 6.45) is 7.92. The van der Waals surface area contributed by atoms with Gasteiger partial charge in [0.05, 0.1) is 5.92 Å². The zero-order valence-electron chi connectivity index (χ0n) is 10.9. The maximum absolute atomic E-state index is 12.3. The molecule has 1 N–H and O–H groups in total. The van der Waals surface area contributed by atoms with Gasteiger partial charge in [0.25, 0.3) is 0 Å². The lowest BCUT2D eigenvalue weighted by molar-refractivity contribution is -0.313. The molecule has 104 valence electrons. The average Bonchev–Trinajstić information content (AvgIpc) is 3.06. The van der Waals surface area contributed by atoms with Crippen molar-refractivity contribution in [2.45, 2.75) is 13.0 Å². The van der Waals surface area contributed by atoms with Crippen LogP contribution in [0.3, 0.4) is 0 Å². The first kappa shape index (κ1) is 12.8. The molecule has 3 rings (SSSR count). The van der Waals surface area contributed by atoms with Gasteiger partial charge in [-0.3, -0.25) is 9.78 Å². The minimum Gasteiger partial charge on any atom is -0.550 e. The molecular formula is C15H15N2O3-. The molecule has 5 nitrogen and oxygen atoms in total. The molecule has 1 aromatic heterocycles. The molecule has 1 heterocycles. The minimum atomic E-state index is -1.12. The molecule has 5 heteroatoms. The molecule has 4 unspecified atom stereocenters. The highest BCUT2D eigenvalue weighted by atomic mass is 16.4. The maximum atomic E-state index is 12.3. The van der Waals surface area contributed by atoms with E-state index in [2.05, 4.69) is 10.3 Å². The van der Waals surface area contributed by atoms with E-state index < -0.39 is 17.8 Å². The third kappa shape index (κ3) is 2.19.